The minimum absolute atomic E-state index is 0.745. The molecule has 0 bridgehead atoms. The first-order valence-electron chi connectivity index (χ1n) is 6.12. The van der Waals surface area contributed by atoms with Gasteiger partial charge in [0, 0.05) is 0 Å². The normalized spacial score (nSPS) is 14.1. The first kappa shape index (κ1) is 17.4. The van der Waals surface area contributed by atoms with Gasteiger partial charge in [0.1, 0.15) is 0 Å². The van der Waals surface area contributed by atoms with Crippen molar-refractivity contribution in [2.24, 2.45) is 5.73 Å². The molecule has 0 saturated carbocycles. The lowest BCUT2D eigenvalue weighted by Gasteiger charge is -2.15. The van der Waals surface area contributed by atoms with Crippen molar-refractivity contribution in [1.82, 2.24) is 0 Å². The Labute approximate surface area is 100 Å². The number of hydrogen-bond acceptors (Lipinski definition) is 2. The van der Waals surface area contributed by atoms with Crippen molar-refractivity contribution >= 4 is 6.09 Å². The zero-order valence-corrected chi connectivity index (χ0v) is 11.4. The van der Waals surface area contributed by atoms with Gasteiger partial charge in [0.2, 0.25) is 0 Å². The van der Waals surface area contributed by atoms with E-state index in [-0.39, 0.29) is 0 Å². The van der Waals surface area contributed by atoms with Gasteiger partial charge in [-0.2, -0.15) is 0 Å². The number of primary amides is 1. The molecular formula is C13H27NO2. The van der Waals surface area contributed by atoms with Crippen molar-refractivity contribution < 1.29 is 9.53 Å². The Balaban J connectivity index is 0. The molecule has 0 fully saturated rings. The number of allylic oxidation sites excluding steroid dienone is 2. The smallest absolute Gasteiger partial charge is 0.404 e. The maximum atomic E-state index is 9.37. The molecule has 0 atom stereocenters. The van der Waals surface area contributed by atoms with Crippen molar-refractivity contribution in [3.8, 4) is 0 Å². The van der Waals surface area contributed by atoms with E-state index in [1.54, 1.807) is 11.1 Å². The molecule has 3 heteroatoms. The second-order valence-electron chi connectivity index (χ2n) is 3.47. The summed E-state index contributed by atoms with van der Waals surface area (Å²) in [5, 5.41) is 0. The molecule has 0 aromatic rings. The number of hydrogen-bond donors (Lipinski definition) is 1. The molecule has 2 N–H and O–H groups in total. The van der Waals surface area contributed by atoms with E-state index in [4.69, 9.17) is 0 Å². The molecule has 0 aromatic carbocycles. The van der Waals surface area contributed by atoms with Crippen molar-refractivity contribution in [3.63, 3.8) is 0 Å². The largest absolute Gasteiger partial charge is 0.453 e. The SMILES string of the molecule is CC.CCC1=C(C)CCCC1.COC(N)=O. The number of carbonyl (C=O) groups excluding carboxylic acids is 1. The maximum Gasteiger partial charge on any atom is 0.404 e. The van der Waals surface area contributed by atoms with E-state index in [2.05, 4.69) is 24.3 Å². The van der Waals surface area contributed by atoms with E-state index in [0.717, 1.165) is 0 Å². The minimum Gasteiger partial charge on any atom is -0.453 e. The molecule has 1 aliphatic rings. The van der Waals surface area contributed by atoms with Crippen LogP contribution >= 0.6 is 0 Å². The highest BCUT2D eigenvalue weighted by Gasteiger charge is 2.05. The monoisotopic (exact) mass is 229 g/mol. The second-order valence-corrected chi connectivity index (χ2v) is 3.47. The van der Waals surface area contributed by atoms with Gasteiger partial charge in [-0.05, 0) is 39.0 Å². The van der Waals surface area contributed by atoms with E-state index in [9.17, 15) is 4.79 Å². The van der Waals surface area contributed by atoms with Crippen LogP contribution in [0.1, 0.15) is 59.8 Å². The third-order valence-electron chi connectivity index (χ3n) is 2.51. The highest BCUT2D eigenvalue weighted by Crippen LogP contribution is 2.25. The van der Waals surface area contributed by atoms with E-state index in [1.165, 1.54) is 39.2 Å². The van der Waals surface area contributed by atoms with Crippen LogP contribution in [0.3, 0.4) is 0 Å². The molecule has 1 rings (SSSR count). The molecule has 0 spiro atoms. The molecule has 0 radical (unpaired) electrons. The van der Waals surface area contributed by atoms with Crippen LogP contribution < -0.4 is 5.73 Å². The number of carbonyl (C=O) groups is 1. The molecule has 16 heavy (non-hydrogen) atoms. The van der Waals surface area contributed by atoms with Crippen LogP contribution in [0.25, 0.3) is 0 Å². The summed E-state index contributed by atoms with van der Waals surface area (Å²) in [6.45, 7) is 8.56. The van der Waals surface area contributed by atoms with Crippen LogP contribution in [0.15, 0.2) is 11.1 Å². The summed E-state index contributed by atoms with van der Waals surface area (Å²) in [4.78, 5) is 9.37. The lowest BCUT2D eigenvalue weighted by atomic mass is 9.91. The second kappa shape index (κ2) is 12.1. The van der Waals surface area contributed by atoms with Crippen LogP contribution in [-0.4, -0.2) is 13.2 Å². The Morgan fingerprint density at radius 1 is 1.31 bits per heavy atom. The number of rotatable bonds is 1. The molecule has 0 aliphatic heterocycles. The number of methoxy groups -OCH3 is 1. The Hall–Kier alpha value is -0.990. The summed E-state index contributed by atoms with van der Waals surface area (Å²) in [5.74, 6) is 0. The average molecular weight is 229 g/mol. The van der Waals surface area contributed by atoms with Crippen molar-refractivity contribution in [3.05, 3.63) is 11.1 Å². The third-order valence-corrected chi connectivity index (χ3v) is 2.51. The maximum absolute atomic E-state index is 9.37. The Morgan fingerprint density at radius 2 is 1.75 bits per heavy atom. The predicted octanol–water partition coefficient (Wildman–Crippen LogP) is 4.02. The lowest BCUT2D eigenvalue weighted by Crippen LogP contribution is -2.08. The van der Waals surface area contributed by atoms with E-state index in [0.29, 0.717) is 0 Å². The quantitative estimate of drug-likeness (QED) is 0.690. The number of amides is 1. The van der Waals surface area contributed by atoms with E-state index < -0.39 is 6.09 Å². The van der Waals surface area contributed by atoms with Crippen LogP contribution in [-0.2, 0) is 4.74 Å². The first-order valence-corrected chi connectivity index (χ1v) is 6.12. The molecule has 96 valence electrons. The van der Waals surface area contributed by atoms with Crippen molar-refractivity contribution in [2.45, 2.75) is 59.8 Å². The van der Waals surface area contributed by atoms with Gasteiger partial charge < -0.3 is 10.5 Å². The number of nitrogens with two attached hydrogens (primary N) is 1. The topological polar surface area (TPSA) is 52.3 Å². The highest BCUT2D eigenvalue weighted by molar-refractivity contribution is 5.64. The first-order chi connectivity index (χ1) is 7.61. The average Bonchev–Trinajstić information content (AvgIpc) is 2.33. The molecule has 1 aliphatic carbocycles. The van der Waals surface area contributed by atoms with E-state index >= 15 is 0 Å². The standard InChI is InChI=1S/C9H16.C2H5NO2.C2H6/c1-3-9-7-5-4-6-8(9)2;1-5-2(3)4;1-2/h3-7H2,1-2H3;1H3,(H2,3,4);1-2H3. The molecule has 0 saturated heterocycles. The van der Waals surface area contributed by atoms with Gasteiger partial charge in [0.25, 0.3) is 0 Å². The Kier molecular flexibility index (Phi) is 13.1. The van der Waals surface area contributed by atoms with Gasteiger partial charge >= 0.3 is 6.09 Å². The van der Waals surface area contributed by atoms with Crippen LogP contribution in [0.2, 0.25) is 0 Å². The van der Waals surface area contributed by atoms with Crippen molar-refractivity contribution in [2.75, 3.05) is 7.11 Å². The number of ether oxygens (including phenoxy) is 1. The molecule has 0 aromatic heterocycles. The summed E-state index contributed by atoms with van der Waals surface area (Å²) in [5.41, 5.74) is 7.82. The zero-order valence-electron chi connectivity index (χ0n) is 11.4. The van der Waals surface area contributed by atoms with Gasteiger partial charge in [0.15, 0.2) is 0 Å². The zero-order chi connectivity index (χ0) is 13.0. The molecule has 0 heterocycles. The van der Waals surface area contributed by atoms with Crippen LogP contribution in [0.4, 0.5) is 4.79 Å². The summed E-state index contributed by atoms with van der Waals surface area (Å²) in [6.07, 6.45) is 6.14. The van der Waals surface area contributed by atoms with Gasteiger partial charge in [0.05, 0.1) is 7.11 Å². The Bertz CT molecular complexity index is 210. The summed E-state index contributed by atoms with van der Waals surface area (Å²) < 4.78 is 3.89. The summed E-state index contributed by atoms with van der Waals surface area (Å²) >= 11 is 0. The molecule has 3 nitrogen and oxygen atoms in total. The Morgan fingerprint density at radius 3 is 2.00 bits per heavy atom. The predicted molar refractivity (Wildman–Crippen MR) is 69.4 cm³/mol. The molecule has 1 amide bonds. The fraction of sp³-hybridized carbons (Fsp3) is 0.769. The highest BCUT2D eigenvalue weighted by atomic mass is 16.5. The lowest BCUT2D eigenvalue weighted by molar-refractivity contribution is 0.182. The van der Waals surface area contributed by atoms with Gasteiger partial charge in [-0.15, -0.1) is 0 Å². The van der Waals surface area contributed by atoms with Crippen molar-refractivity contribution in [1.29, 1.82) is 0 Å². The van der Waals surface area contributed by atoms with Gasteiger partial charge in [-0.1, -0.05) is 31.9 Å². The fourth-order valence-corrected chi connectivity index (χ4v) is 1.60. The molecule has 0 unspecified atom stereocenters. The van der Waals surface area contributed by atoms with Crippen LogP contribution in [0.5, 0.6) is 0 Å². The summed E-state index contributed by atoms with van der Waals surface area (Å²) in [6, 6.07) is 0. The van der Waals surface area contributed by atoms with E-state index in [1.807, 2.05) is 13.8 Å². The van der Waals surface area contributed by atoms with Crippen LogP contribution in [0, 0.1) is 0 Å². The molecular weight excluding hydrogens is 202 g/mol. The minimum atomic E-state index is -0.745. The van der Waals surface area contributed by atoms with Gasteiger partial charge in [-0.25, -0.2) is 4.79 Å². The fourth-order valence-electron chi connectivity index (χ4n) is 1.60. The van der Waals surface area contributed by atoms with Gasteiger partial charge in [-0.3, -0.25) is 0 Å². The third kappa shape index (κ3) is 9.56. The summed E-state index contributed by atoms with van der Waals surface area (Å²) in [7, 11) is 1.22.